The van der Waals surface area contributed by atoms with Gasteiger partial charge in [0.1, 0.15) is 0 Å². The molecule has 3 aliphatic heterocycles. The SMILES string of the molecule is CCNC(=NCC1(C)CCOC1)NC1CC2CCC1O2. The van der Waals surface area contributed by atoms with Crippen LogP contribution in [0.15, 0.2) is 4.99 Å². The number of ether oxygens (including phenoxy) is 2. The average molecular weight is 281 g/mol. The Hall–Kier alpha value is -0.810. The van der Waals surface area contributed by atoms with Crippen molar-refractivity contribution in [2.24, 2.45) is 10.4 Å². The van der Waals surface area contributed by atoms with Gasteiger partial charge in [-0.25, -0.2) is 0 Å². The van der Waals surface area contributed by atoms with Gasteiger partial charge in [0.2, 0.25) is 0 Å². The molecule has 0 aromatic heterocycles. The minimum Gasteiger partial charge on any atom is -0.381 e. The summed E-state index contributed by atoms with van der Waals surface area (Å²) in [5.74, 6) is 0.932. The molecule has 0 amide bonds. The van der Waals surface area contributed by atoms with Crippen LogP contribution in [0.25, 0.3) is 0 Å². The summed E-state index contributed by atoms with van der Waals surface area (Å²) in [5, 5.41) is 6.92. The van der Waals surface area contributed by atoms with Gasteiger partial charge in [0, 0.05) is 18.6 Å². The maximum Gasteiger partial charge on any atom is 0.191 e. The summed E-state index contributed by atoms with van der Waals surface area (Å²) in [4.78, 5) is 4.77. The molecular formula is C15H27N3O2. The molecule has 0 spiro atoms. The highest BCUT2D eigenvalue weighted by atomic mass is 16.5. The first-order valence-corrected chi connectivity index (χ1v) is 7.96. The van der Waals surface area contributed by atoms with Crippen molar-refractivity contribution < 1.29 is 9.47 Å². The Bertz CT molecular complexity index is 366. The van der Waals surface area contributed by atoms with E-state index in [9.17, 15) is 0 Å². The summed E-state index contributed by atoms with van der Waals surface area (Å²) in [6.07, 6.45) is 5.50. The highest BCUT2D eigenvalue weighted by molar-refractivity contribution is 5.80. The van der Waals surface area contributed by atoms with Crippen LogP contribution in [0.2, 0.25) is 0 Å². The van der Waals surface area contributed by atoms with Crippen LogP contribution in [-0.2, 0) is 9.47 Å². The Morgan fingerprint density at radius 1 is 1.40 bits per heavy atom. The minimum atomic E-state index is 0.202. The van der Waals surface area contributed by atoms with Crippen LogP contribution in [0.1, 0.15) is 39.5 Å². The van der Waals surface area contributed by atoms with Gasteiger partial charge in [-0.2, -0.15) is 0 Å². The number of aliphatic imine (C=N–C) groups is 1. The lowest BCUT2D eigenvalue weighted by molar-refractivity contribution is 0.0992. The first kappa shape index (κ1) is 14.1. The molecule has 0 radical (unpaired) electrons. The Morgan fingerprint density at radius 2 is 2.30 bits per heavy atom. The molecule has 4 atom stereocenters. The third-order valence-electron chi connectivity index (χ3n) is 4.69. The van der Waals surface area contributed by atoms with Gasteiger partial charge >= 0.3 is 0 Å². The second kappa shape index (κ2) is 5.90. The van der Waals surface area contributed by atoms with Gasteiger partial charge in [0.25, 0.3) is 0 Å². The van der Waals surface area contributed by atoms with E-state index in [1.54, 1.807) is 0 Å². The summed E-state index contributed by atoms with van der Waals surface area (Å²) >= 11 is 0. The predicted molar refractivity (Wildman–Crippen MR) is 79.0 cm³/mol. The molecular weight excluding hydrogens is 254 g/mol. The van der Waals surface area contributed by atoms with E-state index in [0.717, 1.165) is 45.1 Å². The van der Waals surface area contributed by atoms with Crippen molar-refractivity contribution in [3.05, 3.63) is 0 Å². The van der Waals surface area contributed by atoms with Crippen molar-refractivity contribution in [2.45, 2.75) is 57.8 Å². The number of hydrogen-bond acceptors (Lipinski definition) is 3. The van der Waals surface area contributed by atoms with Crippen molar-refractivity contribution in [3.8, 4) is 0 Å². The lowest BCUT2D eigenvalue weighted by atomic mass is 9.90. The Labute approximate surface area is 121 Å². The lowest BCUT2D eigenvalue weighted by Crippen LogP contribution is -2.47. The van der Waals surface area contributed by atoms with Crippen LogP contribution in [0, 0.1) is 5.41 Å². The van der Waals surface area contributed by atoms with E-state index in [1.165, 1.54) is 12.8 Å². The molecule has 0 aromatic rings. The molecule has 3 rings (SSSR count). The van der Waals surface area contributed by atoms with Gasteiger partial charge in [-0.3, -0.25) is 4.99 Å². The van der Waals surface area contributed by atoms with Crippen LogP contribution in [0.4, 0.5) is 0 Å². The van der Waals surface area contributed by atoms with E-state index in [4.69, 9.17) is 14.5 Å². The number of nitrogens with zero attached hydrogens (tertiary/aromatic N) is 1. The minimum absolute atomic E-state index is 0.202. The fraction of sp³-hybridized carbons (Fsp3) is 0.933. The second-order valence-electron chi connectivity index (χ2n) is 6.67. The average Bonchev–Trinajstić information content (AvgIpc) is 3.13. The number of fused-ring (bicyclic) bond motifs is 2. The molecule has 5 nitrogen and oxygen atoms in total. The van der Waals surface area contributed by atoms with Crippen LogP contribution in [0.3, 0.4) is 0 Å². The van der Waals surface area contributed by atoms with Gasteiger partial charge in [-0.15, -0.1) is 0 Å². The van der Waals surface area contributed by atoms with Crippen molar-refractivity contribution in [1.82, 2.24) is 10.6 Å². The predicted octanol–water partition coefficient (Wildman–Crippen LogP) is 1.29. The fourth-order valence-corrected chi connectivity index (χ4v) is 3.39. The Balaban J connectivity index is 1.57. The fourth-order valence-electron chi connectivity index (χ4n) is 3.39. The standard InChI is InChI=1S/C15H27N3O2/c1-3-16-14(17-9-15(2)6-7-19-10-15)18-12-8-11-4-5-13(12)20-11/h11-13H,3-10H2,1-2H3,(H2,16,17,18). The Morgan fingerprint density at radius 3 is 2.90 bits per heavy atom. The van der Waals surface area contributed by atoms with Gasteiger partial charge in [0.15, 0.2) is 5.96 Å². The normalized spacial score (nSPS) is 40.3. The molecule has 3 heterocycles. The summed E-state index contributed by atoms with van der Waals surface area (Å²) in [6.45, 7) is 7.77. The topological polar surface area (TPSA) is 54.9 Å². The number of guanidine groups is 1. The molecule has 0 saturated carbocycles. The largest absolute Gasteiger partial charge is 0.381 e. The Kier molecular flexibility index (Phi) is 4.17. The lowest BCUT2D eigenvalue weighted by Gasteiger charge is -2.24. The molecule has 5 heteroatoms. The maximum atomic E-state index is 5.90. The zero-order valence-corrected chi connectivity index (χ0v) is 12.7. The first-order valence-electron chi connectivity index (χ1n) is 7.96. The molecule has 0 aliphatic carbocycles. The first-order chi connectivity index (χ1) is 9.68. The smallest absolute Gasteiger partial charge is 0.191 e. The summed E-state index contributed by atoms with van der Waals surface area (Å²) < 4.78 is 11.4. The molecule has 2 N–H and O–H groups in total. The van der Waals surface area contributed by atoms with Crippen molar-refractivity contribution in [3.63, 3.8) is 0 Å². The molecule has 114 valence electrons. The quantitative estimate of drug-likeness (QED) is 0.602. The van der Waals surface area contributed by atoms with E-state index in [0.29, 0.717) is 18.2 Å². The van der Waals surface area contributed by atoms with E-state index < -0.39 is 0 Å². The van der Waals surface area contributed by atoms with E-state index >= 15 is 0 Å². The second-order valence-corrected chi connectivity index (χ2v) is 6.67. The van der Waals surface area contributed by atoms with E-state index in [1.807, 2.05) is 0 Å². The highest BCUT2D eigenvalue weighted by Crippen LogP contribution is 2.34. The molecule has 3 fully saturated rings. The van der Waals surface area contributed by atoms with Gasteiger partial charge in [-0.1, -0.05) is 6.92 Å². The third kappa shape index (κ3) is 3.09. The molecule has 0 aromatic carbocycles. The van der Waals surface area contributed by atoms with Gasteiger partial charge in [0.05, 0.1) is 31.4 Å². The zero-order chi connectivity index (χ0) is 14.0. The van der Waals surface area contributed by atoms with Crippen molar-refractivity contribution >= 4 is 5.96 Å². The van der Waals surface area contributed by atoms with Gasteiger partial charge in [-0.05, 0) is 32.6 Å². The maximum absolute atomic E-state index is 5.90. The monoisotopic (exact) mass is 281 g/mol. The highest BCUT2D eigenvalue weighted by Gasteiger charge is 2.41. The van der Waals surface area contributed by atoms with Crippen LogP contribution < -0.4 is 10.6 Å². The van der Waals surface area contributed by atoms with E-state index in [2.05, 4.69) is 24.5 Å². The molecule has 4 unspecified atom stereocenters. The summed E-state index contributed by atoms with van der Waals surface area (Å²) in [6, 6.07) is 0.430. The molecule has 2 bridgehead atoms. The summed E-state index contributed by atoms with van der Waals surface area (Å²) in [7, 11) is 0. The number of rotatable bonds is 4. The molecule has 3 saturated heterocycles. The third-order valence-corrected chi connectivity index (χ3v) is 4.69. The molecule has 3 aliphatic rings. The van der Waals surface area contributed by atoms with Crippen LogP contribution in [-0.4, -0.2) is 50.5 Å². The number of nitrogens with one attached hydrogen (secondary N) is 2. The van der Waals surface area contributed by atoms with Crippen LogP contribution in [0.5, 0.6) is 0 Å². The van der Waals surface area contributed by atoms with Gasteiger partial charge < -0.3 is 20.1 Å². The summed E-state index contributed by atoms with van der Waals surface area (Å²) in [5.41, 5.74) is 0.202. The molecule has 20 heavy (non-hydrogen) atoms. The van der Waals surface area contributed by atoms with E-state index in [-0.39, 0.29) is 5.41 Å². The van der Waals surface area contributed by atoms with Crippen LogP contribution >= 0.6 is 0 Å². The zero-order valence-electron chi connectivity index (χ0n) is 12.7. The van der Waals surface area contributed by atoms with Crippen molar-refractivity contribution in [1.29, 1.82) is 0 Å². The number of hydrogen-bond donors (Lipinski definition) is 2. The van der Waals surface area contributed by atoms with Crippen molar-refractivity contribution in [2.75, 3.05) is 26.3 Å².